The van der Waals surface area contributed by atoms with E-state index in [0.29, 0.717) is 19.6 Å². The van der Waals surface area contributed by atoms with Gasteiger partial charge in [0.2, 0.25) is 0 Å². The summed E-state index contributed by atoms with van der Waals surface area (Å²) in [6, 6.07) is 17.3. The van der Waals surface area contributed by atoms with E-state index >= 15 is 0 Å². The van der Waals surface area contributed by atoms with Crippen molar-refractivity contribution in [3.63, 3.8) is 0 Å². The molecule has 0 radical (unpaired) electrons. The van der Waals surface area contributed by atoms with Crippen LogP contribution in [0.4, 0.5) is 0 Å². The third kappa shape index (κ3) is 7.95. The maximum atomic E-state index is 13.0. The average molecular weight is 472 g/mol. The average Bonchev–Trinajstić information content (AvgIpc) is 3.10. The quantitative estimate of drug-likeness (QED) is 0.172. The molecule has 0 aromatic heterocycles. The zero-order valence-corrected chi connectivity index (χ0v) is 20.4. The molecule has 1 aliphatic rings. The standard InChI is InChI=1S/C25H33N3O4S/c1-19-12-14-21(15-13-19)33(29)18-23-24(32-25(2,3)31-23)22(27-28-26)11-7-8-16-30-17-20-9-5-4-6-10-20/h4-6,9-10,12-15,22-24H,7-8,11,16-18H2,1-3H3/t22-,23-,24-,33+/m0/s1. The van der Waals surface area contributed by atoms with Crippen molar-refractivity contribution >= 4 is 10.8 Å². The van der Waals surface area contributed by atoms with Gasteiger partial charge in [-0.1, -0.05) is 59.6 Å². The normalized spacial score (nSPS) is 21.3. The minimum Gasteiger partial charge on any atom is -0.377 e. The molecule has 3 rings (SSSR count). The number of ether oxygens (including phenoxy) is 3. The lowest BCUT2D eigenvalue weighted by Gasteiger charge is -2.23. The predicted molar refractivity (Wildman–Crippen MR) is 129 cm³/mol. The predicted octanol–water partition coefficient (Wildman–Crippen LogP) is 5.69. The van der Waals surface area contributed by atoms with E-state index in [1.807, 2.05) is 75.4 Å². The smallest absolute Gasteiger partial charge is 0.163 e. The van der Waals surface area contributed by atoms with Crippen LogP contribution in [0.15, 0.2) is 64.6 Å². The summed E-state index contributed by atoms with van der Waals surface area (Å²) in [4.78, 5) is 3.80. The number of benzene rings is 2. The number of nitrogens with zero attached hydrogens (tertiary/aromatic N) is 3. The summed E-state index contributed by atoms with van der Waals surface area (Å²) in [5, 5.41) is 4.01. The van der Waals surface area contributed by atoms with E-state index in [1.165, 1.54) is 0 Å². The Hall–Kier alpha value is -2.22. The van der Waals surface area contributed by atoms with Gasteiger partial charge in [0.1, 0.15) is 0 Å². The van der Waals surface area contributed by atoms with Crippen molar-refractivity contribution < 1.29 is 18.4 Å². The Morgan fingerprint density at radius 1 is 1.12 bits per heavy atom. The Kier molecular flexibility index (Phi) is 9.47. The van der Waals surface area contributed by atoms with Crippen LogP contribution in [0.2, 0.25) is 0 Å². The fourth-order valence-corrected chi connectivity index (χ4v) is 5.12. The molecule has 2 aromatic rings. The minimum absolute atomic E-state index is 0.287. The zero-order chi connectivity index (χ0) is 23.7. The van der Waals surface area contributed by atoms with E-state index in [9.17, 15) is 4.21 Å². The van der Waals surface area contributed by atoms with Crippen LogP contribution >= 0.6 is 0 Å². The van der Waals surface area contributed by atoms with Gasteiger partial charge in [0, 0.05) is 16.4 Å². The summed E-state index contributed by atoms with van der Waals surface area (Å²) in [5.41, 5.74) is 11.4. The molecule has 0 spiro atoms. The Balaban J connectivity index is 1.54. The molecule has 7 nitrogen and oxygen atoms in total. The molecule has 33 heavy (non-hydrogen) atoms. The molecular formula is C25H33N3O4S. The first kappa shape index (κ1) is 25.4. The molecule has 2 aromatic carbocycles. The largest absolute Gasteiger partial charge is 0.377 e. The van der Waals surface area contributed by atoms with Crippen LogP contribution in [0.1, 0.15) is 44.2 Å². The maximum absolute atomic E-state index is 13.0. The third-order valence-corrected chi connectivity index (χ3v) is 6.98. The van der Waals surface area contributed by atoms with E-state index in [4.69, 9.17) is 19.7 Å². The summed E-state index contributed by atoms with van der Waals surface area (Å²) in [6.07, 6.45) is 1.45. The van der Waals surface area contributed by atoms with Crippen molar-refractivity contribution in [2.45, 2.75) is 75.6 Å². The fraction of sp³-hybridized carbons (Fsp3) is 0.520. The number of hydrogen-bond acceptors (Lipinski definition) is 5. The lowest BCUT2D eigenvalue weighted by molar-refractivity contribution is -0.146. The molecule has 1 heterocycles. The van der Waals surface area contributed by atoms with Gasteiger partial charge in [0.15, 0.2) is 5.79 Å². The number of unbranched alkanes of at least 4 members (excludes halogenated alkanes) is 1. The fourth-order valence-electron chi connectivity index (χ4n) is 3.93. The van der Waals surface area contributed by atoms with Gasteiger partial charge in [-0.3, -0.25) is 4.21 Å². The monoisotopic (exact) mass is 471 g/mol. The van der Waals surface area contributed by atoms with Crippen molar-refractivity contribution in [2.24, 2.45) is 5.11 Å². The van der Waals surface area contributed by atoms with Gasteiger partial charge in [0.05, 0.1) is 41.4 Å². The highest BCUT2D eigenvalue weighted by Gasteiger charge is 2.45. The number of azide groups is 1. The van der Waals surface area contributed by atoms with E-state index < -0.39 is 34.8 Å². The lowest BCUT2D eigenvalue weighted by atomic mass is 10.0. The highest BCUT2D eigenvalue weighted by atomic mass is 32.2. The van der Waals surface area contributed by atoms with Crippen molar-refractivity contribution in [1.29, 1.82) is 0 Å². The first-order chi connectivity index (χ1) is 15.9. The Labute approximate surface area is 198 Å². The van der Waals surface area contributed by atoms with E-state index in [0.717, 1.165) is 28.9 Å². The van der Waals surface area contributed by atoms with Crippen LogP contribution in [-0.4, -0.2) is 40.6 Å². The second kappa shape index (κ2) is 12.3. The van der Waals surface area contributed by atoms with Crippen LogP contribution in [0.3, 0.4) is 0 Å². The summed E-state index contributed by atoms with van der Waals surface area (Å²) < 4.78 is 30.9. The molecule has 0 aliphatic carbocycles. The van der Waals surface area contributed by atoms with E-state index in [1.54, 1.807) is 0 Å². The number of aryl methyl sites for hydroxylation is 1. The molecule has 0 N–H and O–H groups in total. The van der Waals surface area contributed by atoms with E-state index in [-0.39, 0.29) is 5.75 Å². The lowest BCUT2D eigenvalue weighted by Crippen LogP contribution is -2.37. The van der Waals surface area contributed by atoms with Gasteiger partial charge < -0.3 is 14.2 Å². The molecular weight excluding hydrogens is 438 g/mol. The second-order valence-electron chi connectivity index (χ2n) is 8.77. The van der Waals surface area contributed by atoms with Crippen molar-refractivity contribution in [3.8, 4) is 0 Å². The van der Waals surface area contributed by atoms with Crippen LogP contribution in [0.5, 0.6) is 0 Å². The minimum atomic E-state index is -1.24. The van der Waals surface area contributed by atoms with Crippen LogP contribution in [-0.2, 0) is 31.6 Å². The molecule has 1 fully saturated rings. The Morgan fingerprint density at radius 2 is 1.85 bits per heavy atom. The molecule has 8 heteroatoms. The van der Waals surface area contributed by atoms with E-state index in [2.05, 4.69) is 10.0 Å². The van der Waals surface area contributed by atoms with Crippen molar-refractivity contribution in [2.75, 3.05) is 12.4 Å². The van der Waals surface area contributed by atoms with Gasteiger partial charge >= 0.3 is 0 Å². The molecule has 0 unspecified atom stereocenters. The Bertz CT molecular complexity index is 946. The SMILES string of the molecule is Cc1ccc([S@](=O)C[C@@H]2OC(C)(C)O[C@H]2[C@H](CCCCOCc2ccccc2)N=[N+]=[N-])cc1. The summed E-state index contributed by atoms with van der Waals surface area (Å²) >= 11 is 0. The van der Waals surface area contributed by atoms with Crippen molar-refractivity contribution in [1.82, 2.24) is 0 Å². The van der Waals surface area contributed by atoms with Gasteiger partial charge in [0.25, 0.3) is 0 Å². The molecule has 1 saturated heterocycles. The Morgan fingerprint density at radius 3 is 2.55 bits per heavy atom. The first-order valence-corrected chi connectivity index (χ1v) is 12.7. The topological polar surface area (TPSA) is 93.5 Å². The third-order valence-electron chi connectivity index (χ3n) is 5.55. The molecule has 178 valence electrons. The number of hydrogen-bond donors (Lipinski definition) is 0. The van der Waals surface area contributed by atoms with Crippen LogP contribution in [0, 0.1) is 6.92 Å². The van der Waals surface area contributed by atoms with Crippen LogP contribution < -0.4 is 0 Å². The summed E-state index contributed by atoms with van der Waals surface area (Å²) in [6.45, 7) is 6.88. The summed E-state index contributed by atoms with van der Waals surface area (Å²) in [7, 11) is -1.24. The van der Waals surface area contributed by atoms with Gasteiger partial charge in [-0.2, -0.15) is 0 Å². The molecule has 0 bridgehead atoms. The maximum Gasteiger partial charge on any atom is 0.163 e. The second-order valence-corrected chi connectivity index (χ2v) is 10.3. The van der Waals surface area contributed by atoms with Gasteiger partial charge in [-0.15, -0.1) is 0 Å². The molecule has 0 saturated carbocycles. The first-order valence-electron chi connectivity index (χ1n) is 11.3. The number of rotatable bonds is 12. The highest BCUT2D eigenvalue weighted by Crippen LogP contribution is 2.33. The van der Waals surface area contributed by atoms with Gasteiger partial charge in [-0.25, -0.2) is 0 Å². The van der Waals surface area contributed by atoms with Crippen molar-refractivity contribution in [3.05, 3.63) is 76.2 Å². The van der Waals surface area contributed by atoms with Crippen LogP contribution in [0.25, 0.3) is 10.4 Å². The zero-order valence-electron chi connectivity index (χ0n) is 19.6. The molecule has 1 aliphatic heterocycles. The van der Waals surface area contributed by atoms with Gasteiger partial charge in [-0.05, 0) is 56.8 Å². The summed E-state index contributed by atoms with van der Waals surface area (Å²) in [5.74, 6) is -0.538. The molecule has 4 atom stereocenters. The highest BCUT2D eigenvalue weighted by molar-refractivity contribution is 7.85. The molecule has 0 amide bonds.